The van der Waals surface area contributed by atoms with Gasteiger partial charge < -0.3 is 10.2 Å². The van der Waals surface area contributed by atoms with Gasteiger partial charge in [0.05, 0.1) is 5.69 Å². The molecule has 7 heteroatoms. The molecule has 3 unspecified atom stereocenters. The molecule has 1 fully saturated rings. The second-order valence-electron chi connectivity index (χ2n) is 9.60. The van der Waals surface area contributed by atoms with Crippen molar-refractivity contribution in [2.45, 2.75) is 97.6 Å². The Labute approximate surface area is 193 Å². The highest BCUT2D eigenvalue weighted by Gasteiger charge is 2.28. The van der Waals surface area contributed by atoms with E-state index in [1.807, 2.05) is 10.8 Å². The Morgan fingerprint density at radius 3 is 2.72 bits per heavy atom. The van der Waals surface area contributed by atoms with Crippen molar-refractivity contribution < 1.29 is 4.79 Å². The molecule has 0 aliphatic carbocycles. The van der Waals surface area contributed by atoms with E-state index < -0.39 is 0 Å². The van der Waals surface area contributed by atoms with E-state index in [0.29, 0.717) is 18.3 Å². The minimum absolute atomic E-state index is 0.144. The number of rotatable bonds is 10. The number of hydrogen-bond donors (Lipinski definition) is 1. The lowest BCUT2D eigenvalue weighted by atomic mass is 9.95. The summed E-state index contributed by atoms with van der Waals surface area (Å²) in [6.45, 7) is 11.8. The number of piperidine rings is 1. The van der Waals surface area contributed by atoms with Crippen molar-refractivity contribution in [3.05, 3.63) is 30.5 Å². The molecule has 1 saturated heterocycles. The summed E-state index contributed by atoms with van der Waals surface area (Å²) in [4.78, 5) is 29.0. The van der Waals surface area contributed by atoms with Crippen LogP contribution in [0.25, 0.3) is 5.95 Å². The molecule has 1 N–H and O–H groups in total. The fourth-order valence-electron chi connectivity index (χ4n) is 4.34. The number of amides is 1. The normalized spacial score (nSPS) is 18.6. The Kier molecular flexibility index (Phi) is 8.65. The van der Waals surface area contributed by atoms with Gasteiger partial charge in [0.25, 0.3) is 0 Å². The van der Waals surface area contributed by atoms with Crippen LogP contribution in [0.5, 0.6) is 0 Å². The average Bonchev–Trinajstić information content (AvgIpc) is 3.32. The standard InChI is InChI=1S/C25H40N6O/c1-6-7-10-19(4)20(5)27-24(32)15-21-11-8-9-13-31(21)23-16-22(18(2)3)28-25(29-23)30-14-12-26-17-30/h12,14,16-21H,6-11,13,15H2,1-5H3,(H,27,32). The van der Waals surface area contributed by atoms with Gasteiger partial charge in [0, 0.05) is 43.5 Å². The lowest BCUT2D eigenvalue weighted by Gasteiger charge is -2.37. The van der Waals surface area contributed by atoms with E-state index in [4.69, 9.17) is 9.97 Å². The SMILES string of the molecule is CCCCC(C)C(C)NC(=O)CC1CCCCN1c1cc(C(C)C)nc(-n2ccnc2)n1. The molecule has 32 heavy (non-hydrogen) atoms. The van der Waals surface area contributed by atoms with Gasteiger partial charge in [0.2, 0.25) is 11.9 Å². The molecular weight excluding hydrogens is 400 g/mol. The number of nitrogens with zero attached hydrogens (tertiary/aromatic N) is 5. The molecule has 0 radical (unpaired) electrons. The van der Waals surface area contributed by atoms with Gasteiger partial charge in [0.15, 0.2) is 0 Å². The van der Waals surface area contributed by atoms with Gasteiger partial charge in [-0.1, -0.05) is 40.5 Å². The lowest BCUT2D eigenvalue weighted by molar-refractivity contribution is -0.122. The zero-order valence-corrected chi connectivity index (χ0v) is 20.4. The van der Waals surface area contributed by atoms with Crippen molar-refractivity contribution in [2.75, 3.05) is 11.4 Å². The maximum absolute atomic E-state index is 12.9. The summed E-state index contributed by atoms with van der Waals surface area (Å²) in [5.74, 6) is 2.47. The zero-order chi connectivity index (χ0) is 23.1. The number of carbonyl (C=O) groups excluding carboxylic acids is 1. The van der Waals surface area contributed by atoms with Crippen LogP contribution in [0, 0.1) is 5.92 Å². The van der Waals surface area contributed by atoms with Gasteiger partial charge in [0.1, 0.15) is 12.1 Å². The maximum atomic E-state index is 12.9. The van der Waals surface area contributed by atoms with Crippen LogP contribution in [-0.2, 0) is 4.79 Å². The third kappa shape index (κ3) is 6.30. The van der Waals surface area contributed by atoms with E-state index in [0.717, 1.165) is 43.7 Å². The molecule has 0 spiro atoms. The minimum Gasteiger partial charge on any atom is -0.353 e. The molecule has 3 atom stereocenters. The van der Waals surface area contributed by atoms with Gasteiger partial charge in [-0.3, -0.25) is 9.36 Å². The summed E-state index contributed by atoms with van der Waals surface area (Å²) >= 11 is 0. The molecule has 0 bridgehead atoms. The number of hydrogen-bond acceptors (Lipinski definition) is 5. The van der Waals surface area contributed by atoms with Crippen molar-refractivity contribution in [3.63, 3.8) is 0 Å². The second-order valence-corrected chi connectivity index (χ2v) is 9.60. The summed E-state index contributed by atoms with van der Waals surface area (Å²) in [6.07, 6.45) is 12.7. The zero-order valence-electron chi connectivity index (χ0n) is 20.4. The van der Waals surface area contributed by atoms with Gasteiger partial charge in [-0.2, -0.15) is 4.98 Å². The molecule has 176 valence electrons. The third-order valence-electron chi connectivity index (χ3n) is 6.65. The molecule has 0 aromatic carbocycles. The maximum Gasteiger partial charge on any atom is 0.237 e. The summed E-state index contributed by atoms with van der Waals surface area (Å²) in [7, 11) is 0. The van der Waals surface area contributed by atoms with Crippen molar-refractivity contribution in [2.24, 2.45) is 5.92 Å². The van der Waals surface area contributed by atoms with Gasteiger partial charge in [-0.05, 0) is 44.4 Å². The monoisotopic (exact) mass is 440 g/mol. The number of nitrogens with one attached hydrogen (secondary N) is 1. The fraction of sp³-hybridized carbons (Fsp3) is 0.680. The first-order valence-electron chi connectivity index (χ1n) is 12.3. The summed E-state index contributed by atoms with van der Waals surface area (Å²) < 4.78 is 1.85. The van der Waals surface area contributed by atoms with Crippen LogP contribution in [0.3, 0.4) is 0 Å². The third-order valence-corrected chi connectivity index (χ3v) is 6.65. The van der Waals surface area contributed by atoms with E-state index in [9.17, 15) is 4.79 Å². The minimum atomic E-state index is 0.144. The summed E-state index contributed by atoms with van der Waals surface area (Å²) in [6, 6.07) is 2.45. The molecule has 2 aromatic heterocycles. The highest BCUT2D eigenvalue weighted by Crippen LogP contribution is 2.28. The van der Waals surface area contributed by atoms with E-state index in [-0.39, 0.29) is 23.9 Å². The molecule has 3 heterocycles. The largest absolute Gasteiger partial charge is 0.353 e. The Morgan fingerprint density at radius 2 is 2.03 bits per heavy atom. The predicted molar refractivity (Wildman–Crippen MR) is 129 cm³/mol. The van der Waals surface area contributed by atoms with Gasteiger partial charge in [-0.15, -0.1) is 0 Å². The molecule has 7 nitrogen and oxygen atoms in total. The number of aromatic nitrogens is 4. The van der Waals surface area contributed by atoms with Crippen molar-refractivity contribution in [1.29, 1.82) is 0 Å². The first kappa shape index (κ1) is 24.2. The molecule has 1 aliphatic heterocycles. The Morgan fingerprint density at radius 1 is 1.22 bits per heavy atom. The quantitative estimate of drug-likeness (QED) is 0.571. The Hall–Kier alpha value is -2.44. The first-order chi connectivity index (χ1) is 15.4. The molecule has 1 amide bonds. The molecule has 0 saturated carbocycles. The van der Waals surface area contributed by atoms with E-state index in [2.05, 4.69) is 55.9 Å². The lowest BCUT2D eigenvalue weighted by Crippen LogP contribution is -2.45. The smallest absolute Gasteiger partial charge is 0.237 e. The van der Waals surface area contributed by atoms with Crippen LogP contribution in [0.1, 0.15) is 91.2 Å². The predicted octanol–water partition coefficient (Wildman–Crippen LogP) is 4.87. The Balaban J connectivity index is 1.75. The van der Waals surface area contributed by atoms with Crippen molar-refractivity contribution in [3.8, 4) is 5.95 Å². The number of carbonyl (C=O) groups is 1. The molecule has 2 aromatic rings. The van der Waals surface area contributed by atoms with Crippen LogP contribution in [0.4, 0.5) is 5.82 Å². The first-order valence-corrected chi connectivity index (χ1v) is 12.3. The van der Waals surface area contributed by atoms with Crippen LogP contribution in [-0.4, -0.2) is 44.1 Å². The second kappa shape index (κ2) is 11.4. The molecular formula is C25H40N6O. The number of unbranched alkanes of at least 4 members (excludes halogenated alkanes) is 1. The Bertz CT molecular complexity index is 850. The van der Waals surface area contributed by atoms with Crippen LogP contribution in [0.15, 0.2) is 24.8 Å². The average molecular weight is 441 g/mol. The topological polar surface area (TPSA) is 75.9 Å². The van der Waals surface area contributed by atoms with Gasteiger partial charge in [-0.25, -0.2) is 9.97 Å². The van der Waals surface area contributed by atoms with Crippen molar-refractivity contribution >= 4 is 11.7 Å². The van der Waals surface area contributed by atoms with Crippen LogP contribution in [0.2, 0.25) is 0 Å². The van der Waals surface area contributed by atoms with Crippen LogP contribution >= 0.6 is 0 Å². The van der Waals surface area contributed by atoms with Gasteiger partial charge >= 0.3 is 0 Å². The number of anilines is 1. The van der Waals surface area contributed by atoms with E-state index in [1.54, 1.807) is 12.5 Å². The highest BCUT2D eigenvalue weighted by atomic mass is 16.1. The van der Waals surface area contributed by atoms with E-state index >= 15 is 0 Å². The molecule has 3 rings (SSSR count). The summed E-state index contributed by atoms with van der Waals surface area (Å²) in [5, 5.41) is 3.26. The van der Waals surface area contributed by atoms with Crippen LogP contribution < -0.4 is 10.2 Å². The highest BCUT2D eigenvalue weighted by molar-refractivity contribution is 5.77. The fourth-order valence-corrected chi connectivity index (χ4v) is 4.34. The molecule has 1 aliphatic rings. The summed E-state index contributed by atoms with van der Waals surface area (Å²) in [5.41, 5.74) is 1.01. The van der Waals surface area contributed by atoms with E-state index in [1.165, 1.54) is 12.8 Å². The number of imidazole rings is 1. The van der Waals surface area contributed by atoms with Crippen molar-refractivity contribution in [1.82, 2.24) is 24.8 Å².